The maximum Gasteiger partial charge on any atom is 0.130 e. The summed E-state index contributed by atoms with van der Waals surface area (Å²) in [5.74, 6) is 0.953. The lowest BCUT2D eigenvalue weighted by Gasteiger charge is -2.19. The molecule has 8 rings (SSSR count). The van der Waals surface area contributed by atoms with Crippen LogP contribution in [-0.4, -0.2) is 7.11 Å². The van der Waals surface area contributed by atoms with Gasteiger partial charge in [-0.25, -0.2) is 0 Å². The molecular formula is C73H84O. The Labute approximate surface area is 449 Å². The van der Waals surface area contributed by atoms with Crippen LogP contribution >= 0.6 is 0 Å². The highest BCUT2D eigenvalue weighted by Crippen LogP contribution is 2.39. The molecule has 0 unspecified atom stereocenters. The summed E-state index contributed by atoms with van der Waals surface area (Å²) >= 11 is 0. The minimum Gasteiger partial charge on any atom is -0.496 e. The van der Waals surface area contributed by atoms with Gasteiger partial charge in [-0.3, -0.25) is 0 Å². The number of benzene rings is 7. The zero-order valence-corrected chi connectivity index (χ0v) is 46.9. The molecule has 0 saturated heterocycles. The lowest BCUT2D eigenvalue weighted by atomic mass is 9.85. The van der Waals surface area contributed by atoms with Gasteiger partial charge in [-0.15, -0.1) is 12.8 Å². The van der Waals surface area contributed by atoms with Crippen LogP contribution in [0, 0.1) is 26.7 Å². The van der Waals surface area contributed by atoms with Crippen molar-refractivity contribution in [3.8, 4) is 18.6 Å². The van der Waals surface area contributed by atoms with Gasteiger partial charge in [0.1, 0.15) is 5.75 Å². The fraction of sp³-hybridized carbons (Fsp3) is 0.233. The lowest BCUT2D eigenvalue weighted by molar-refractivity contribution is 0.409. The molecule has 74 heavy (non-hydrogen) atoms. The summed E-state index contributed by atoms with van der Waals surface area (Å²) in [6, 6.07) is 60.1. The van der Waals surface area contributed by atoms with E-state index >= 15 is 0 Å². The standard InChI is InChI=1S/C31H30O.C28H28.C8H12.2C2H6.C2H2/c1-4-24-19-28(20-25-14-7-5-8-15-25)31(32-3)30(21-24)29(26-16-9-6-10-17-26)22-27-18-12-11-13-23(27)2;1-5-14-26(23-17-12-9-13-18-23)28-20-21(4)19-27(25(28)7-3)24(6-2)22-15-10-8-11-16-22;1-7-5-3-4-6-8(7)2;3*1-2/h5-19,21-22H,4,20H2,1-3H3;6-20H,3,5H2,1-2,4H3;5-6H,3-4H2,1-2H3;2*1-2H3;1-2H/b29-22+;24-6+,26-14-;;;;. The molecule has 0 N–H and O–H groups in total. The third kappa shape index (κ3) is 17.5. The minimum atomic E-state index is 0.845. The summed E-state index contributed by atoms with van der Waals surface area (Å²) in [7, 11) is 1.79. The lowest BCUT2D eigenvalue weighted by Crippen LogP contribution is -2.02. The molecule has 1 aliphatic rings. The molecule has 1 nitrogen and oxygen atoms in total. The molecule has 0 aromatic heterocycles. The Morgan fingerprint density at radius 2 is 1.01 bits per heavy atom. The van der Waals surface area contributed by atoms with Crippen molar-refractivity contribution in [2.75, 3.05) is 7.11 Å². The first-order chi connectivity index (χ1) is 36.2. The van der Waals surface area contributed by atoms with Crippen molar-refractivity contribution < 1.29 is 4.74 Å². The molecule has 1 aliphatic carbocycles. The van der Waals surface area contributed by atoms with Gasteiger partial charge in [0.15, 0.2) is 0 Å². The molecule has 0 aliphatic heterocycles. The molecule has 0 spiro atoms. The third-order valence-electron chi connectivity index (χ3n) is 12.6. The maximum absolute atomic E-state index is 6.08. The highest BCUT2D eigenvalue weighted by Gasteiger charge is 2.19. The number of ether oxygens (including phenoxy) is 1. The van der Waals surface area contributed by atoms with Gasteiger partial charge in [0.25, 0.3) is 0 Å². The Kier molecular flexibility index (Phi) is 27.8. The van der Waals surface area contributed by atoms with E-state index in [2.05, 4.69) is 268 Å². The fourth-order valence-electron chi connectivity index (χ4n) is 8.87. The molecule has 1 heteroatoms. The van der Waals surface area contributed by atoms with Crippen LogP contribution in [0.15, 0.2) is 212 Å². The first kappa shape index (κ1) is 60.6. The highest BCUT2D eigenvalue weighted by atomic mass is 16.5. The van der Waals surface area contributed by atoms with Crippen molar-refractivity contribution in [1.82, 2.24) is 0 Å². The Morgan fingerprint density at radius 3 is 1.46 bits per heavy atom. The van der Waals surface area contributed by atoms with Crippen molar-refractivity contribution in [3.63, 3.8) is 0 Å². The largest absolute Gasteiger partial charge is 0.496 e. The van der Waals surface area contributed by atoms with E-state index in [9.17, 15) is 0 Å². The SMILES string of the molecule is C#C.C=Cc1c(/C(=C\CC)c2ccccc2)cc(C)cc1/C(=C/C)c1ccccc1.CC.CC.CC1=CCCC=C1C.CCc1cc(Cc2ccccc2)c(OC)c(/C(=C/c2ccccc2C)c2ccccc2)c1. The molecule has 0 atom stereocenters. The van der Waals surface area contributed by atoms with Gasteiger partial charge < -0.3 is 4.74 Å². The number of hydrogen-bond acceptors (Lipinski definition) is 1. The van der Waals surface area contributed by atoms with E-state index in [1.54, 1.807) is 7.11 Å². The molecule has 382 valence electrons. The number of allylic oxidation sites excluding steroid dienone is 6. The molecule has 7 aromatic rings. The fourth-order valence-corrected chi connectivity index (χ4v) is 8.87. The second kappa shape index (κ2) is 33.9. The van der Waals surface area contributed by atoms with Gasteiger partial charge in [0, 0.05) is 12.0 Å². The van der Waals surface area contributed by atoms with Gasteiger partial charge in [-0.2, -0.15) is 0 Å². The van der Waals surface area contributed by atoms with Crippen LogP contribution in [0.3, 0.4) is 0 Å². The Bertz CT molecular complexity index is 2920. The molecule has 0 radical (unpaired) electrons. The van der Waals surface area contributed by atoms with Crippen LogP contribution in [0.5, 0.6) is 5.75 Å². The second-order valence-corrected chi connectivity index (χ2v) is 17.4. The first-order valence-electron chi connectivity index (χ1n) is 26.7. The van der Waals surface area contributed by atoms with Crippen molar-refractivity contribution in [2.24, 2.45) is 0 Å². The van der Waals surface area contributed by atoms with Crippen molar-refractivity contribution in [1.29, 1.82) is 0 Å². The quantitative estimate of drug-likeness (QED) is 0.0826. The van der Waals surface area contributed by atoms with Crippen LogP contribution in [0.1, 0.15) is 154 Å². The summed E-state index contributed by atoms with van der Waals surface area (Å²) in [6.45, 7) is 27.4. The summed E-state index contributed by atoms with van der Waals surface area (Å²) in [5.41, 5.74) is 22.6. The van der Waals surface area contributed by atoms with E-state index in [1.165, 1.54) is 107 Å². The normalized spacial score (nSPS) is 11.8. The molecule has 0 saturated carbocycles. The zero-order chi connectivity index (χ0) is 54.3. The van der Waals surface area contributed by atoms with E-state index in [0.717, 1.165) is 30.6 Å². The van der Waals surface area contributed by atoms with Crippen molar-refractivity contribution in [3.05, 3.63) is 284 Å². The van der Waals surface area contributed by atoms with Crippen LogP contribution in [0.25, 0.3) is 28.9 Å². The number of rotatable bonds is 13. The predicted molar refractivity (Wildman–Crippen MR) is 330 cm³/mol. The summed E-state index contributed by atoms with van der Waals surface area (Å²) < 4.78 is 6.08. The Morgan fingerprint density at radius 1 is 0.554 bits per heavy atom. The molecule has 7 aromatic carbocycles. The summed E-state index contributed by atoms with van der Waals surface area (Å²) in [5, 5.41) is 0. The van der Waals surface area contributed by atoms with E-state index in [4.69, 9.17) is 4.74 Å². The van der Waals surface area contributed by atoms with Gasteiger partial charge in [0.2, 0.25) is 0 Å². The number of hydrogen-bond donors (Lipinski definition) is 0. The van der Waals surface area contributed by atoms with Crippen LogP contribution < -0.4 is 4.74 Å². The summed E-state index contributed by atoms with van der Waals surface area (Å²) in [4.78, 5) is 0. The average Bonchev–Trinajstić information content (AvgIpc) is 3.46. The van der Waals surface area contributed by atoms with Crippen LogP contribution in [-0.2, 0) is 12.8 Å². The number of terminal acetylenes is 1. The first-order valence-corrected chi connectivity index (χ1v) is 26.7. The molecular weight excluding hydrogens is 893 g/mol. The number of methoxy groups -OCH3 is 1. The van der Waals surface area contributed by atoms with Gasteiger partial charge in [-0.1, -0.05) is 253 Å². The summed E-state index contributed by atoms with van der Waals surface area (Å²) in [6.07, 6.45) is 26.7. The molecule has 0 amide bonds. The minimum absolute atomic E-state index is 0.845. The van der Waals surface area contributed by atoms with E-state index < -0.39 is 0 Å². The maximum atomic E-state index is 6.08. The van der Waals surface area contributed by atoms with Crippen LogP contribution in [0.2, 0.25) is 0 Å². The highest BCUT2D eigenvalue weighted by molar-refractivity contribution is 5.95. The predicted octanol–water partition coefficient (Wildman–Crippen LogP) is 20.7. The molecule has 0 heterocycles. The molecule has 0 bridgehead atoms. The Balaban J connectivity index is 0.000000313. The van der Waals surface area contributed by atoms with Gasteiger partial charge in [-0.05, 0) is 156 Å². The monoisotopic (exact) mass is 977 g/mol. The van der Waals surface area contributed by atoms with E-state index in [1.807, 2.05) is 33.8 Å². The second-order valence-electron chi connectivity index (χ2n) is 17.4. The Hall–Kier alpha value is -7.66. The van der Waals surface area contributed by atoms with Crippen molar-refractivity contribution >= 4 is 28.9 Å². The third-order valence-corrected chi connectivity index (χ3v) is 12.6. The van der Waals surface area contributed by atoms with Crippen LogP contribution in [0.4, 0.5) is 0 Å². The van der Waals surface area contributed by atoms with E-state index in [0.29, 0.717) is 0 Å². The van der Waals surface area contributed by atoms with E-state index in [-0.39, 0.29) is 0 Å². The van der Waals surface area contributed by atoms with Gasteiger partial charge in [0.05, 0.1) is 7.11 Å². The number of aryl methyl sites for hydroxylation is 3. The molecule has 0 fully saturated rings. The van der Waals surface area contributed by atoms with Gasteiger partial charge >= 0.3 is 0 Å². The topological polar surface area (TPSA) is 9.23 Å². The average molecular weight is 977 g/mol. The zero-order valence-electron chi connectivity index (χ0n) is 46.9. The van der Waals surface area contributed by atoms with Crippen molar-refractivity contribution in [2.45, 2.75) is 108 Å². The smallest absolute Gasteiger partial charge is 0.130 e.